The first-order valence-electron chi connectivity index (χ1n) is 8.43. The van der Waals surface area contributed by atoms with Gasteiger partial charge in [0.25, 0.3) is 0 Å². The van der Waals surface area contributed by atoms with E-state index in [2.05, 4.69) is 10.1 Å². The number of anilines is 2. The summed E-state index contributed by atoms with van der Waals surface area (Å²) in [5.41, 5.74) is 0.796. The van der Waals surface area contributed by atoms with E-state index in [1.54, 1.807) is 18.2 Å². The molecule has 1 N–H and O–H groups in total. The SMILES string of the molecule is COC(=O)c1ccc(NC(=O)CCCN(c2ccccc2F)S(C)(=O)=O)cc1. The summed E-state index contributed by atoms with van der Waals surface area (Å²) in [6.07, 6.45) is 1.23. The lowest BCUT2D eigenvalue weighted by Gasteiger charge is -2.22. The molecule has 0 unspecified atom stereocenters. The molecule has 0 aliphatic rings. The molecule has 0 atom stereocenters. The quantitative estimate of drug-likeness (QED) is 0.678. The highest BCUT2D eigenvalue weighted by atomic mass is 32.2. The fraction of sp³-hybridized carbons (Fsp3) is 0.263. The highest BCUT2D eigenvalue weighted by Gasteiger charge is 2.20. The average Bonchev–Trinajstić information content (AvgIpc) is 2.65. The third-order valence-corrected chi connectivity index (χ3v) is 5.06. The minimum atomic E-state index is -3.69. The van der Waals surface area contributed by atoms with Gasteiger partial charge >= 0.3 is 5.97 Å². The highest BCUT2D eigenvalue weighted by Crippen LogP contribution is 2.22. The van der Waals surface area contributed by atoms with E-state index in [4.69, 9.17) is 0 Å². The van der Waals surface area contributed by atoms with Crippen molar-refractivity contribution in [1.82, 2.24) is 0 Å². The van der Waals surface area contributed by atoms with Crippen LogP contribution >= 0.6 is 0 Å². The highest BCUT2D eigenvalue weighted by molar-refractivity contribution is 7.92. The predicted octanol–water partition coefficient (Wildman–Crippen LogP) is 2.80. The number of para-hydroxylation sites is 1. The first kappa shape index (κ1) is 21.4. The second-order valence-electron chi connectivity index (χ2n) is 6.01. The number of esters is 1. The number of rotatable bonds is 8. The molecule has 0 aliphatic heterocycles. The zero-order chi connectivity index (χ0) is 20.7. The van der Waals surface area contributed by atoms with E-state index in [0.717, 1.165) is 10.6 Å². The number of amides is 1. The minimum absolute atomic E-state index is 0.0333. The van der Waals surface area contributed by atoms with Gasteiger partial charge < -0.3 is 10.1 Å². The summed E-state index contributed by atoms with van der Waals surface area (Å²) in [6, 6.07) is 11.7. The van der Waals surface area contributed by atoms with Crippen molar-refractivity contribution in [3.63, 3.8) is 0 Å². The zero-order valence-corrected chi connectivity index (χ0v) is 16.3. The van der Waals surface area contributed by atoms with E-state index in [-0.39, 0.29) is 31.0 Å². The van der Waals surface area contributed by atoms with Crippen molar-refractivity contribution in [3.8, 4) is 0 Å². The lowest BCUT2D eigenvalue weighted by atomic mass is 10.2. The summed E-state index contributed by atoms with van der Waals surface area (Å²) in [6.45, 7) is -0.0333. The summed E-state index contributed by atoms with van der Waals surface area (Å²) in [5, 5.41) is 2.66. The summed E-state index contributed by atoms with van der Waals surface area (Å²) in [4.78, 5) is 23.5. The minimum Gasteiger partial charge on any atom is -0.465 e. The number of sulfonamides is 1. The number of nitrogens with one attached hydrogen (secondary N) is 1. The molecule has 2 aromatic carbocycles. The molecule has 9 heteroatoms. The molecule has 2 rings (SSSR count). The standard InChI is InChI=1S/C19H21FN2O5S/c1-27-19(24)14-9-11-15(12-10-14)21-18(23)8-5-13-22(28(2,25)26)17-7-4-3-6-16(17)20/h3-4,6-7,9-12H,5,8,13H2,1-2H3,(H,21,23). The number of carbonyl (C=O) groups excluding carboxylic acids is 2. The molecule has 28 heavy (non-hydrogen) atoms. The number of methoxy groups -OCH3 is 1. The number of carbonyl (C=O) groups is 2. The molecule has 0 spiro atoms. The van der Waals surface area contributed by atoms with Crippen molar-refractivity contribution in [2.45, 2.75) is 12.8 Å². The van der Waals surface area contributed by atoms with Crippen LogP contribution in [0.15, 0.2) is 48.5 Å². The van der Waals surface area contributed by atoms with Crippen LogP contribution in [0.2, 0.25) is 0 Å². The van der Waals surface area contributed by atoms with Gasteiger partial charge in [-0.25, -0.2) is 17.6 Å². The van der Waals surface area contributed by atoms with Gasteiger partial charge in [-0.2, -0.15) is 0 Å². The Labute approximate surface area is 163 Å². The van der Waals surface area contributed by atoms with Crippen LogP contribution in [0.4, 0.5) is 15.8 Å². The maximum Gasteiger partial charge on any atom is 0.337 e. The fourth-order valence-corrected chi connectivity index (χ4v) is 3.50. The first-order chi connectivity index (χ1) is 13.2. The van der Waals surface area contributed by atoms with Crippen LogP contribution in [0.3, 0.4) is 0 Å². The Bertz CT molecular complexity index is 945. The Kier molecular flexibility index (Phi) is 7.11. The number of ether oxygens (including phenoxy) is 1. The van der Waals surface area contributed by atoms with Gasteiger partial charge in [0.05, 0.1) is 24.6 Å². The Morgan fingerprint density at radius 1 is 1.11 bits per heavy atom. The van der Waals surface area contributed by atoms with Crippen LogP contribution in [-0.4, -0.2) is 40.2 Å². The summed E-state index contributed by atoms with van der Waals surface area (Å²) in [5.74, 6) is -1.46. The molecule has 7 nitrogen and oxygen atoms in total. The average molecular weight is 408 g/mol. The molecule has 0 radical (unpaired) electrons. The van der Waals surface area contributed by atoms with E-state index in [0.29, 0.717) is 11.3 Å². The van der Waals surface area contributed by atoms with Gasteiger partial charge in [0, 0.05) is 18.7 Å². The van der Waals surface area contributed by atoms with Crippen LogP contribution in [0.5, 0.6) is 0 Å². The van der Waals surface area contributed by atoms with Gasteiger partial charge in [0.2, 0.25) is 15.9 Å². The first-order valence-corrected chi connectivity index (χ1v) is 10.3. The van der Waals surface area contributed by atoms with Crippen molar-refractivity contribution in [2.75, 3.05) is 29.5 Å². The van der Waals surface area contributed by atoms with Gasteiger partial charge in [0.1, 0.15) is 5.82 Å². The molecule has 0 aliphatic carbocycles. The van der Waals surface area contributed by atoms with E-state index in [1.807, 2.05) is 0 Å². The van der Waals surface area contributed by atoms with Crippen molar-refractivity contribution in [1.29, 1.82) is 0 Å². The predicted molar refractivity (Wildman–Crippen MR) is 104 cm³/mol. The van der Waals surface area contributed by atoms with Crippen LogP contribution in [-0.2, 0) is 19.6 Å². The number of hydrogen-bond donors (Lipinski definition) is 1. The van der Waals surface area contributed by atoms with Crippen LogP contribution < -0.4 is 9.62 Å². The van der Waals surface area contributed by atoms with Crippen LogP contribution in [0, 0.1) is 5.82 Å². The van der Waals surface area contributed by atoms with Crippen molar-refractivity contribution in [3.05, 3.63) is 59.9 Å². The second kappa shape index (κ2) is 9.32. The molecule has 150 valence electrons. The number of nitrogens with zero attached hydrogens (tertiary/aromatic N) is 1. The third-order valence-electron chi connectivity index (χ3n) is 3.88. The molecule has 1 amide bonds. The Hall–Kier alpha value is -2.94. The number of halogens is 1. The molecular formula is C19H21FN2O5S. The fourth-order valence-electron chi connectivity index (χ4n) is 2.53. The largest absolute Gasteiger partial charge is 0.465 e. The van der Waals surface area contributed by atoms with Gasteiger partial charge in [0.15, 0.2) is 0 Å². The molecule has 0 aromatic heterocycles. The number of hydrogen-bond acceptors (Lipinski definition) is 5. The van der Waals surface area contributed by atoms with Crippen molar-refractivity contribution in [2.24, 2.45) is 0 Å². The van der Waals surface area contributed by atoms with E-state index in [1.165, 1.54) is 37.4 Å². The summed E-state index contributed by atoms with van der Waals surface area (Å²) >= 11 is 0. The normalized spacial score (nSPS) is 11.0. The van der Waals surface area contributed by atoms with Crippen molar-refractivity contribution < 1.29 is 27.1 Å². The van der Waals surface area contributed by atoms with Crippen molar-refractivity contribution >= 4 is 33.3 Å². The Morgan fingerprint density at radius 2 is 1.75 bits per heavy atom. The third kappa shape index (κ3) is 5.78. The second-order valence-corrected chi connectivity index (χ2v) is 7.91. The van der Waals surface area contributed by atoms with Gasteiger partial charge in [-0.3, -0.25) is 9.10 Å². The number of benzene rings is 2. The summed E-state index contributed by atoms with van der Waals surface area (Å²) < 4.78 is 43.5. The molecule has 0 heterocycles. The van der Waals surface area contributed by atoms with E-state index in [9.17, 15) is 22.4 Å². The molecule has 0 saturated carbocycles. The maximum absolute atomic E-state index is 13.9. The lowest BCUT2D eigenvalue weighted by molar-refractivity contribution is -0.116. The molecule has 0 fully saturated rings. The van der Waals surface area contributed by atoms with Crippen LogP contribution in [0.25, 0.3) is 0 Å². The lowest BCUT2D eigenvalue weighted by Crippen LogP contribution is -2.32. The Morgan fingerprint density at radius 3 is 2.32 bits per heavy atom. The topological polar surface area (TPSA) is 92.8 Å². The summed E-state index contributed by atoms with van der Waals surface area (Å²) in [7, 11) is -2.42. The zero-order valence-electron chi connectivity index (χ0n) is 15.5. The van der Waals surface area contributed by atoms with E-state index >= 15 is 0 Å². The molecular weight excluding hydrogens is 387 g/mol. The molecule has 0 saturated heterocycles. The maximum atomic E-state index is 13.9. The smallest absolute Gasteiger partial charge is 0.337 e. The molecule has 2 aromatic rings. The Balaban J connectivity index is 1.94. The van der Waals surface area contributed by atoms with Gasteiger partial charge in [-0.05, 0) is 42.8 Å². The van der Waals surface area contributed by atoms with Gasteiger partial charge in [-0.1, -0.05) is 12.1 Å². The van der Waals surface area contributed by atoms with Crippen LogP contribution in [0.1, 0.15) is 23.2 Å². The van der Waals surface area contributed by atoms with E-state index < -0.39 is 21.8 Å². The monoisotopic (exact) mass is 408 g/mol. The van der Waals surface area contributed by atoms with Gasteiger partial charge in [-0.15, -0.1) is 0 Å². The molecule has 0 bridgehead atoms.